The summed E-state index contributed by atoms with van der Waals surface area (Å²) in [6.07, 6.45) is -0.359. The number of aryl methyl sites for hydroxylation is 1. The largest absolute Gasteiger partial charge is 0.491 e. The molecule has 1 aliphatic rings. The fourth-order valence-corrected chi connectivity index (χ4v) is 3.80. The van der Waals surface area contributed by atoms with Crippen LogP contribution in [0.25, 0.3) is 10.9 Å². The minimum absolute atomic E-state index is 0.0241. The SMILES string of the molecule is Cc1c(CC(=O)N[C@H]2COc3cc(C#N)cc(F)c32)c(=O)[nH]c2ccc(F)c(C#N)c12. The van der Waals surface area contributed by atoms with Gasteiger partial charge in [0.25, 0.3) is 5.56 Å². The molecule has 2 N–H and O–H groups in total. The van der Waals surface area contributed by atoms with Crippen LogP contribution in [0.2, 0.25) is 0 Å². The Morgan fingerprint density at radius 3 is 2.74 bits per heavy atom. The van der Waals surface area contributed by atoms with E-state index in [0.717, 1.165) is 12.1 Å². The average Bonchev–Trinajstić information content (AvgIpc) is 3.14. The number of nitrogens with zero attached hydrogens (tertiary/aromatic N) is 2. The monoisotopic (exact) mass is 420 g/mol. The minimum Gasteiger partial charge on any atom is -0.491 e. The van der Waals surface area contributed by atoms with Crippen molar-refractivity contribution in [3.63, 3.8) is 0 Å². The zero-order valence-electron chi connectivity index (χ0n) is 16.2. The number of aromatic nitrogens is 1. The number of benzene rings is 2. The van der Waals surface area contributed by atoms with Crippen molar-refractivity contribution < 1.29 is 18.3 Å². The van der Waals surface area contributed by atoms with Gasteiger partial charge in [-0.05, 0) is 36.8 Å². The molecule has 2 aromatic carbocycles. The second kappa shape index (κ2) is 7.54. The second-order valence-electron chi connectivity index (χ2n) is 7.10. The number of carbonyl (C=O) groups excluding carboxylic acids is 1. The number of rotatable bonds is 3. The van der Waals surface area contributed by atoms with Crippen LogP contribution in [0, 0.1) is 41.2 Å². The number of carbonyl (C=O) groups is 1. The zero-order chi connectivity index (χ0) is 22.3. The van der Waals surface area contributed by atoms with E-state index in [1.54, 1.807) is 6.07 Å². The topological polar surface area (TPSA) is 119 Å². The molecule has 1 amide bonds. The van der Waals surface area contributed by atoms with Gasteiger partial charge in [-0.25, -0.2) is 8.78 Å². The molecule has 3 aromatic rings. The van der Waals surface area contributed by atoms with E-state index in [0.29, 0.717) is 5.56 Å². The van der Waals surface area contributed by atoms with E-state index in [2.05, 4.69) is 10.3 Å². The molecule has 2 heterocycles. The van der Waals surface area contributed by atoms with Gasteiger partial charge < -0.3 is 15.0 Å². The molecule has 0 radical (unpaired) electrons. The Labute approximate surface area is 174 Å². The highest BCUT2D eigenvalue weighted by molar-refractivity contribution is 5.90. The Balaban J connectivity index is 1.65. The Bertz CT molecular complexity index is 1400. The van der Waals surface area contributed by atoms with E-state index in [1.807, 2.05) is 6.07 Å². The van der Waals surface area contributed by atoms with Crippen LogP contribution in [0.3, 0.4) is 0 Å². The molecule has 9 heteroatoms. The molecule has 154 valence electrons. The molecule has 0 aliphatic carbocycles. The number of pyridine rings is 1. The van der Waals surface area contributed by atoms with Gasteiger partial charge >= 0.3 is 0 Å². The first-order valence-electron chi connectivity index (χ1n) is 9.23. The van der Waals surface area contributed by atoms with Crippen molar-refractivity contribution in [3.8, 4) is 17.9 Å². The van der Waals surface area contributed by atoms with Gasteiger partial charge in [-0.15, -0.1) is 0 Å². The van der Waals surface area contributed by atoms with Gasteiger partial charge in [-0.2, -0.15) is 10.5 Å². The Morgan fingerprint density at radius 2 is 2.03 bits per heavy atom. The number of nitriles is 2. The molecular weight excluding hydrogens is 406 g/mol. The molecule has 0 saturated heterocycles. The molecule has 1 aliphatic heterocycles. The lowest BCUT2D eigenvalue weighted by atomic mass is 9.98. The van der Waals surface area contributed by atoms with Crippen molar-refractivity contribution in [2.24, 2.45) is 0 Å². The fourth-order valence-electron chi connectivity index (χ4n) is 3.80. The van der Waals surface area contributed by atoms with Crippen LogP contribution in [0.1, 0.15) is 33.9 Å². The molecule has 0 saturated carbocycles. The number of ether oxygens (including phenoxy) is 1. The lowest BCUT2D eigenvalue weighted by Crippen LogP contribution is -2.33. The molecule has 1 atom stereocenters. The van der Waals surface area contributed by atoms with E-state index in [4.69, 9.17) is 10.00 Å². The third-order valence-corrected chi connectivity index (χ3v) is 5.26. The van der Waals surface area contributed by atoms with Crippen LogP contribution in [0.4, 0.5) is 8.78 Å². The number of hydrogen-bond donors (Lipinski definition) is 2. The Hall–Kier alpha value is -4.24. The Kier molecular flexibility index (Phi) is 4.88. The molecule has 4 rings (SSSR count). The van der Waals surface area contributed by atoms with Gasteiger partial charge in [-0.1, -0.05) is 0 Å². The van der Waals surface area contributed by atoms with Crippen molar-refractivity contribution in [2.75, 3.05) is 6.61 Å². The summed E-state index contributed by atoms with van der Waals surface area (Å²) in [5.41, 5.74) is 0.153. The molecule has 1 aromatic heterocycles. The highest BCUT2D eigenvalue weighted by Gasteiger charge is 2.30. The second-order valence-corrected chi connectivity index (χ2v) is 7.10. The molecule has 0 bridgehead atoms. The molecule has 7 nitrogen and oxygen atoms in total. The van der Waals surface area contributed by atoms with Crippen molar-refractivity contribution in [1.82, 2.24) is 10.3 Å². The first-order valence-corrected chi connectivity index (χ1v) is 9.23. The number of aromatic amines is 1. The quantitative estimate of drug-likeness (QED) is 0.675. The van der Waals surface area contributed by atoms with E-state index < -0.39 is 29.1 Å². The van der Waals surface area contributed by atoms with E-state index >= 15 is 0 Å². The summed E-state index contributed by atoms with van der Waals surface area (Å²) in [5, 5.41) is 21.1. The van der Waals surface area contributed by atoms with E-state index in [-0.39, 0.29) is 51.9 Å². The normalized spacial score (nSPS) is 14.4. The summed E-state index contributed by atoms with van der Waals surface area (Å²) in [6.45, 7) is 1.52. The van der Waals surface area contributed by atoms with Crippen molar-refractivity contribution in [3.05, 3.63) is 74.1 Å². The van der Waals surface area contributed by atoms with Gasteiger partial charge in [0, 0.05) is 10.9 Å². The predicted octanol–water partition coefficient (Wildman–Crippen LogP) is 2.65. The maximum Gasteiger partial charge on any atom is 0.252 e. The van der Waals surface area contributed by atoms with Crippen LogP contribution in [-0.2, 0) is 11.2 Å². The first kappa shape index (κ1) is 20.0. The van der Waals surface area contributed by atoms with Crippen LogP contribution < -0.4 is 15.6 Å². The molecule has 31 heavy (non-hydrogen) atoms. The number of amides is 1. The highest BCUT2D eigenvalue weighted by atomic mass is 19.1. The fraction of sp³-hybridized carbons (Fsp3) is 0.182. The molecule has 0 spiro atoms. The average molecular weight is 420 g/mol. The third kappa shape index (κ3) is 3.36. The smallest absolute Gasteiger partial charge is 0.252 e. The van der Waals surface area contributed by atoms with Crippen molar-refractivity contribution in [2.45, 2.75) is 19.4 Å². The van der Waals surface area contributed by atoms with Crippen LogP contribution in [0.5, 0.6) is 5.75 Å². The van der Waals surface area contributed by atoms with Crippen molar-refractivity contribution in [1.29, 1.82) is 10.5 Å². The number of H-pyrrole nitrogens is 1. The maximum atomic E-state index is 14.4. The first-order chi connectivity index (χ1) is 14.8. The summed E-state index contributed by atoms with van der Waals surface area (Å²) in [6, 6.07) is 7.72. The number of nitrogens with one attached hydrogen (secondary N) is 2. The summed E-state index contributed by atoms with van der Waals surface area (Å²) < 4.78 is 33.8. The molecule has 0 fully saturated rings. The lowest BCUT2D eigenvalue weighted by molar-refractivity contribution is -0.121. The summed E-state index contributed by atoms with van der Waals surface area (Å²) in [7, 11) is 0. The predicted molar refractivity (Wildman–Crippen MR) is 105 cm³/mol. The van der Waals surface area contributed by atoms with Crippen molar-refractivity contribution >= 4 is 16.8 Å². The van der Waals surface area contributed by atoms with E-state index in [1.165, 1.54) is 19.1 Å². The summed E-state index contributed by atoms with van der Waals surface area (Å²) in [5.74, 6) is -1.80. The number of fused-ring (bicyclic) bond motifs is 2. The number of halogens is 2. The standard InChI is InChI=1S/C22H14F2N4O3/c1-10-12(22(30)28-16-3-2-14(23)13(8-26)20(10)16)6-19(29)27-17-9-31-18-5-11(7-25)4-15(24)21(17)18/h2-5,17H,6,9H2,1H3,(H,27,29)(H,28,30)/t17-/m0/s1. The number of hydrogen-bond acceptors (Lipinski definition) is 5. The van der Waals surface area contributed by atoms with Gasteiger partial charge in [0.15, 0.2) is 0 Å². The molecule has 0 unspecified atom stereocenters. The van der Waals surface area contributed by atoms with E-state index in [9.17, 15) is 23.6 Å². The maximum absolute atomic E-state index is 14.4. The zero-order valence-corrected chi connectivity index (χ0v) is 16.2. The molecular formula is C22H14F2N4O3. The van der Waals surface area contributed by atoms with Gasteiger partial charge in [0.2, 0.25) is 5.91 Å². The lowest BCUT2D eigenvalue weighted by Gasteiger charge is -2.14. The van der Waals surface area contributed by atoms with Crippen LogP contribution in [-0.4, -0.2) is 17.5 Å². The van der Waals surface area contributed by atoms with Crippen LogP contribution >= 0.6 is 0 Å². The highest BCUT2D eigenvalue weighted by Crippen LogP contribution is 2.35. The summed E-state index contributed by atoms with van der Waals surface area (Å²) in [4.78, 5) is 27.7. The van der Waals surface area contributed by atoms with Crippen LogP contribution in [0.15, 0.2) is 29.1 Å². The Morgan fingerprint density at radius 1 is 1.26 bits per heavy atom. The van der Waals surface area contributed by atoms with Gasteiger partial charge in [0.1, 0.15) is 30.1 Å². The minimum atomic E-state index is -0.790. The van der Waals surface area contributed by atoms with Gasteiger partial charge in [-0.3, -0.25) is 9.59 Å². The summed E-state index contributed by atoms with van der Waals surface area (Å²) >= 11 is 0. The third-order valence-electron chi connectivity index (χ3n) is 5.26. The van der Waals surface area contributed by atoms with Gasteiger partial charge in [0.05, 0.1) is 40.7 Å².